The van der Waals surface area contributed by atoms with Crippen LogP contribution >= 0.6 is 0 Å². The normalized spacial score (nSPS) is 24.4. The smallest absolute Gasteiger partial charge is 0.0859 e. The van der Waals surface area contributed by atoms with Gasteiger partial charge in [0.05, 0.1) is 12.2 Å². The van der Waals surface area contributed by atoms with Crippen LogP contribution in [0.2, 0.25) is 0 Å². The predicted molar refractivity (Wildman–Crippen MR) is 69.2 cm³/mol. The van der Waals surface area contributed by atoms with Crippen LogP contribution < -0.4 is 0 Å². The van der Waals surface area contributed by atoms with Crippen LogP contribution in [0.1, 0.15) is 58.3 Å². The molecule has 17 heavy (non-hydrogen) atoms. The molecule has 1 aliphatic rings. The molecule has 0 aromatic heterocycles. The van der Waals surface area contributed by atoms with E-state index >= 15 is 0 Å². The summed E-state index contributed by atoms with van der Waals surface area (Å²) in [5.41, 5.74) is 0. The number of ether oxygens (including phenoxy) is 2. The molecule has 1 fully saturated rings. The molecule has 3 heteroatoms. The van der Waals surface area contributed by atoms with Crippen LogP contribution in [0, 0.1) is 0 Å². The molecule has 0 aromatic carbocycles. The van der Waals surface area contributed by atoms with Crippen LogP contribution in [0.5, 0.6) is 0 Å². The van der Waals surface area contributed by atoms with E-state index in [9.17, 15) is 0 Å². The molecule has 102 valence electrons. The molecule has 1 aliphatic heterocycles. The Morgan fingerprint density at radius 2 is 1.94 bits per heavy atom. The molecule has 2 atom stereocenters. The summed E-state index contributed by atoms with van der Waals surface area (Å²) in [6.45, 7) is 4.07. The van der Waals surface area contributed by atoms with Crippen LogP contribution in [0.3, 0.4) is 0 Å². The van der Waals surface area contributed by atoms with Crippen LogP contribution in [0.4, 0.5) is 0 Å². The molecule has 0 saturated carbocycles. The van der Waals surface area contributed by atoms with E-state index in [2.05, 4.69) is 6.92 Å². The van der Waals surface area contributed by atoms with E-state index < -0.39 is 0 Å². The first kappa shape index (κ1) is 14.9. The number of rotatable bonds is 10. The summed E-state index contributed by atoms with van der Waals surface area (Å²) in [7, 11) is 0. The molecule has 0 bridgehead atoms. The third-order valence-electron chi connectivity index (χ3n) is 3.39. The average Bonchev–Trinajstić information content (AvgIpc) is 2.76. The van der Waals surface area contributed by atoms with Gasteiger partial charge in [-0.05, 0) is 19.3 Å². The Kier molecular flexibility index (Phi) is 8.67. The van der Waals surface area contributed by atoms with Gasteiger partial charge in [0, 0.05) is 19.8 Å². The predicted octanol–water partition coefficient (Wildman–Crippen LogP) is 2.90. The van der Waals surface area contributed by atoms with Gasteiger partial charge in [-0.25, -0.2) is 0 Å². The lowest BCUT2D eigenvalue weighted by atomic mass is 10.1. The second-order valence-electron chi connectivity index (χ2n) is 4.89. The Morgan fingerprint density at radius 3 is 2.71 bits per heavy atom. The molecule has 3 nitrogen and oxygen atoms in total. The Labute approximate surface area is 105 Å². The summed E-state index contributed by atoms with van der Waals surface area (Å²) in [5.74, 6) is 0. The van der Waals surface area contributed by atoms with E-state index in [1.54, 1.807) is 0 Å². The van der Waals surface area contributed by atoms with Gasteiger partial charge in [-0.3, -0.25) is 0 Å². The molecule has 1 rings (SSSR count). The van der Waals surface area contributed by atoms with Gasteiger partial charge in [0.1, 0.15) is 0 Å². The highest BCUT2D eigenvalue weighted by molar-refractivity contribution is 4.76. The molecule has 0 spiro atoms. The minimum Gasteiger partial charge on any atom is -0.396 e. The van der Waals surface area contributed by atoms with Crippen molar-refractivity contribution in [3.8, 4) is 0 Å². The Balaban J connectivity index is 1.94. The maximum absolute atomic E-state index is 8.90. The first-order valence-electron chi connectivity index (χ1n) is 7.22. The number of hydrogen-bond acceptors (Lipinski definition) is 3. The third-order valence-corrected chi connectivity index (χ3v) is 3.39. The Morgan fingerprint density at radius 1 is 1.18 bits per heavy atom. The van der Waals surface area contributed by atoms with Crippen molar-refractivity contribution < 1.29 is 14.6 Å². The van der Waals surface area contributed by atoms with Crippen molar-refractivity contribution >= 4 is 0 Å². The SMILES string of the molecule is CCCCCCCCOC1CCOC1CCO. The van der Waals surface area contributed by atoms with Crippen molar-refractivity contribution in [2.24, 2.45) is 0 Å². The third kappa shape index (κ3) is 6.39. The van der Waals surface area contributed by atoms with Crippen LogP contribution in [-0.4, -0.2) is 37.1 Å². The lowest BCUT2D eigenvalue weighted by Crippen LogP contribution is -2.25. The quantitative estimate of drug-likeness (QED) is 0.601. The second kappa shape index (κ2) is 9.86. The fourth-order valence-electron chi connectivity index (χ4n) is 2.33. The van der Waals surface area contributed by atoms with Gasteiger partial charge in [-0.1, -0.05) is 39.0 Å². The maximum Gasteiger partial charge on any atom is 0.0859 e. The van der Waals surface area contributed by atoms with Crippen molar-refractivity contribution in [2.75, 3.05) is 19.8 Å². The van der Waals surface area contributed by atoms with Crippen molar-refractivity contribution in [2.45, 2.75) is 70.5 Å². The topological polar surface area (TPSA) is 38.7 Å². The van der Waals surface area contributed by atoms with E-state index in [-0.39, 0.29) is 18.8 Å². The fraction of sp³-hybridized carbons (Fsp3) is 1.00. The summed E-state index contributed by atoms with van der Waals surface area (Å²) >= 11 is 0. The van der Waals surface area contributed by atoms with E-state index in [0.717, 1.165) is 26.1 Å². The first-order valence-corrected chi connectivity index (χ1v) is 7.22. The van der Waals surface area contributed by atoms with Gasteiger partial charge < -0.3 is 14.6 Å². The van der Waals surface area contributed by atoms with Crippen molar-refractivity contribution in [1.82, 2.24) is 0 Å². The molecule has 1 heterocycles. The van der Waals surface area contributed by atoms with Crippen molar-refractivity contribution in [3.05, 3.63) is 0 Å². The molecule has 0 aromatic rings. The summed E-state index contributed by atoms with van der Waals surface area (Å²) in [4.78, 5) is 0. The fourth-order valence-corrected chi connectivity index (χ4v) is 2.33. The average molecular weight is 244 g/mol. The number of unbranched alkanes of at least 4 members (excludes halogenated alkanes) is 5. The Bertz CT molecular complexity index is 173. The summed E-state index contributed by atoms with van der Waals surface area (Å²) < 4.78 is 11.4. The van der Waals surface area contributed by atoms with Crippen molar-refractivity contribution in [3.63, 3.8) is 0 Å². The minimum absolute atomic E-state index is 0.125. The largest absolute Gasteiger partial charge is 0.396 e. The lowest BCUT2D eigenvalue weighted by Gasteiger charge is -2.18. The summed E-state index contributed by atoms with van der Waals surface area (Å²) in [6, 6.07) is 0. The zero-order chi connectivity index (χ0) is 12.3. The van der Waals surface area contributed by atoms with Gasteiger partial charge >= 0.3 is 0 Å². The molecule has 2 unspecified atom stereocenters. The van der Waals surface area contributed by atoms with Crippen LogP contribution in [-0.2, 0) is 9.47 Å². The van der Waals surface area contributed by atoms with E-state index in [1.165, 1.54) is 32.1 Å². The molecule has 0 aliphatic carbocycles. The first-order chi connectivity index (χ1) is 8.38. The lowest BCUT2D eigenvalue weighted by molar-refractivity contribution is -0.0197. The maximum atomic E-state index is 8.90. The van der Waals surface area contributed by atoms with Crippen molar-refractivity contribution in [1.29, 1.82) is 0 Å². The molecule has 1 saturated heterocycles. The summed E-state index contributed by atoms with van der Waals surface area (Å²) in [6.07, 6.45) is 9.83. The standard InChI is InChI=1S/C14H28O3/c1-2-3-4-5-6-7-11-16-14-9-12-17-13(14)8-10-15/h13-15H,2-12H2,1H3. The van der Waals surface area contributed by atoms with E-state index in [1.807, 2.05) is 0 Å². The van der Waals surface area contributed by atoms with Gasteiger partial charge in [0.15, 0.2) is 0 Å². The van der Waals surface area contributed by atoms with Crippen LogP contribution in [0.25, 0.3) is 0 Å². The molecular formula is C14H28O3. The number of aliphatic hydroxyl groups is 1. The van der Waals surface area contributed by atoms with Crippen LogP contribution in [0.15, 0.2) is 0 Å². The van der Waals surface area contributed by atoms with Gasteiger partial charge in [-0.15, -0.1) is 0 Å². The zero-order valence-electron chi connectivity index (χ0n) is 11.2. The number of hydrogen-bond donors (Lipinski definition) is 1. The Hall–Kier alpha value is -0.120. The number of aliphatic hydroxyl groups excluding tert-OH is 1. The molecule has 0 amide bonds. The highest BCUT2D eigenvalue weighted by Crippen LogP contribution is 2.20. The second-order valence-corrected chi connectivity index (χ2v) is 4.89. The zero-order valence-corrected chi connectivity index (χ0v) is 11.2. The highest BCUT2D eigenvalue weighted by Gasteiger charge is 2.28. The van der Waals surface area contributed by atoms with E-state index in [0.29, 0.717) is 6.42 Å². The van der Waals surface area contributed by atoms with E-state index in [4.69, 9.17) is 14.6 Å². The van der Waals surface area contributed by atoms with Gasteiger partial charge in [0.2, 0.25) is 0 Å². The highest BCUT2D eigenvalue weighted by atomic mass is 16.6. The molecule has 1 N–H and O–H groups in total. The summed E-state index contributed by atoms with van der Waals surface area (Å²) in [5, 5.41) is 8.90. The molecular weight excluding hydrogens is 216 g/mol. The van der Waals surface area contributed by atoms with Gasteiger partial charge in [0.25, 0.3) is 0 Å². The monoisotopic (exact) mass is 244 g/mol. The van der Waals surface area contributed by atoms with Gasteiger partial charge in [-0.2, -0.15) is 0 Å². The molecule has 0 radical (unpaired) electrons. The minimum atomic E-state index is 0.125.